The van der Waals surface area contributed by atoms with Crippen molar-refractivity contribution in [1.82, 2.24) is 5.32 Å². The lowest BCUT2D eigenvalue weighted by molar-refractivity contribution is 0.0184. The molecule has 0 aromatic heterocycles. The standard InChI is InChI=1S/C25H22FNO6/c26-21-10-9-14(11-19(21)24(30)31)23(29)22(28)12-27-25(32)33-13-20-17-7-3-1-5-15(17)16-6-2-4-8-18(16)20/h1-11,20,22-23,28-29H,12-13H2,(H,27,32)(H,30,31). The fraction of sp³-hybridized carbons (Fsp3) is 0.200. The maximum atomic E-state index is 13.5. The largest absolute Gasteiger partial charge is 0.478 e. The molecule has 0 bridgehead atoms. The molecule has 0 aliphatic heterocycles. The molecule has 7 nitrogen and oxygen atoms in total. The van der Waals surface area contributed by atoms with Crippen LogP contribution in [0.5, 0.6) is 0 Å². The van der Waals surface area contributed by atoms with Gasteiger partial charge in [0.05, 0.1) is 5.56 Å². The number of hydrogen-bond acceptors (Lipinski definition) is 5. The summed E-state index contributed by atoms with van der Waals surface area (Å²) in [4.78, 5) is 23.3. The number of rotatable bonds is 7. The summed E-state index contributed by atoms with van der Waals surface area (Å²) in [5, 5.41) is 31.9. The highest BCUT2D eigenvalue weighted by Gasteiger charge is 2.29. The van der Waals surface area contributed by atoms with Gasteiger partial charge in [-0.2, -0.15) is 0 Å². The first-order chi connectivity index (χ1) is 15.9. The number of aliphatic hydroxyl groups is 2. The molecular formula is C25H22FNO6. The van der Waals surface area contributed by atoms with E-state index in [4.69, 9.17) is 9.84 Å². The Hall–Kier alpha value is -3.75. The lowest BCUT2D eigenvalue weighted by Crippen LogP contribution is -2.36. The zero-order chi connectivity index (χ0) is 23.5. The number of carboxylic acid groups (broad SMARTS) is 1. The SMILES string of the molecule is O=C(NCC(O)C(O)c1ccc(F)c(C(=O)O)c1)OCC1c2ccccc2-c2ccccc21. The lowest BCUT2D eigenvalue weighted by Gasteiger charge is -2.20. The average Bonchev–Trinajstić information content (AvgIpc) is 3.14. The summed E-state index contributed by atoms with van der Waals surface area (Å²) in [6.45, 7) is -0.254. The van der Waals surface area contributed by atoms with Gasteiger partial charge in [0.25, 0.3) is 0 Å². The van der Waals surface area contributed by atoms with Crippen molar-refractivity contribution in [3.63, 3.8) is 0 Å². The molecule has 170 valence electrons. The van der Waals surface area contributed by atoms with Crippen LogP contribution >= 0.6 is 0 Å². The number of nitrogens with one attached hydrogen (secondary N) is 1. The Bertz CT molecular complexity index is 1150. The van der Waals surface area contributed by atoms with Crippen molar-refractivity contribution in [3.8, 4) is 11.1 Å². The number of carboxylic acids is 1. The molecule has 0 spiro atoms. The van der Waals surface area contributed by atoms with Gasteiger partial charge in [-0.3, -0.25) is 0 Å². The number of carbonyl (C=O) groups is 2. The number of amides is 1. The topological polar surface area (TPSA) is 116 Å². The first kappa shape index (κ1) is 22.4. The summed E-state index contributed by atoms with van der Waals surface area (Å²) in [6, 6.07) is 18.8. The van der Waals surface area contributed by atoms with Gasteiger partial charge in [-0.25, -0.2) is 14.0 Å². The molecule has 0 saturated heterocycles. The molecule has 1 aliphatic carbocycles. The van der Waals surface area contributed by atoms with E-state index in [9.17, 15) is 24.2 Å². The fourth-order valence-electron chi connectivity index (χ4n) is 4.06. The van der Waals surface area contributed by atoms with Crippen LogP contribution in [0.15, 0.2) is 66.7 Å². The number of aromatic carboxylic acids is 1. The highest BCUT2D eigenvalue weighted by Crippen LogP contribution is 2.44. The van der Waals surface area contributed by atoms with Gasteiger partial charge < -0.3 is 25.4 Å². The van der Waals surface area contributed by atoms with Gasteiger partial charge in [-0.15, -0.1) is 0 Å². The Morgan fingerprint density at radius 1 is 0.970 bits per heavy atom. The van der Waals surface area contributed by atoms with E-state index in [1.165, 1.54) is 6.07 Å². The second kappa shape index (κ2) is 9.40. The summed E-state index contributed by atoms with van der Waals surface area (Å²) >= 11 is 0. The van der Waals surface area contributed by atoms with Crippen LogP contribution in [0.4, 0.5) is 9.18 Å². The molecule has 4 N–H and O–H groups in total. The minimum absolute atomic E-state index is 0.00985. The van der Waals surface area contributed by atoms with Crippen molar-refractivity contribution >= 4 is 12.1 Å². The Balaban J connectivity index is 1.35. The molecule has 3 aromatic rings. The molecule has 1 aliphatic rings. The molecule has 0 fully saturated rings. The number of halogens is 1. The van der Waals surface area contributed by atoms with E-state index in [1.54, 1.807) is 0 Å². The Kier molecular flexibility index (Phi) is 6.39. The maximum Gasteiger partial charge on any atom is 0.407 e. The number of aliphatic hydroxyl groups excluding tert-OH is 2. The molecule has 33 heavy (non-hydrogen) atoms. The van der Waals surface area contributed by atoms with E-state index in [2.05, 4.69) is 5.32 Å². The minimum atomic E-state index is -1.53. The fourth-order valence-corrected chi connectivity index (χ4v) is 4.06. The van der Waals surface area contributed by atoms with Gasteiger partial charge in [0.1, 0.15) is 24.6 Å². The monoisotopic (exact) mass is 451 g/mol. The Morgan fingerprint density at radius 2 is 1.58 bits per heavy atom. The molecule has 4 rings (SSSR count). The third-order valence-electron chi connectivity index (χ3n) is 5.73. The molecule has 0 saturated carbocycles. The van der Waals surface area contributed by atoms with Gasteiger partial charge in [-0.05, 0) is 39.9 Å². The Morgan fingerprint density at radius 3 is 2.18 bits per heavy atom. The van der Waals surface area contributed by atoms with E-state index < -0.39 is 35.7 Å². The van der Waals surface area contributed by atoms with Crippen LogP contribution < -0.4 is 5.32 Å². The summed E-state index contributed by atoms with van der Waals surface area (Å²) in [5.41, 5.74) is 3.71. The summed E-state index contributed by atoms with van der Waals surface area (Å²) < 4.78 is 18.9. The molecular weight excluding hydrogens is 429 g/mol. The van der Waals surface area contributed by atoms with Crippen LogP contribution in [0.1, 0.15) is 39.1 Å². The highest BCUT2D eigenvalue weighted by atomic mass is 19.1. The van der Waals surface area contributed by atoms with Crippen LogP contribution in [-0.4, -0.2) is 46.6 Å². The van der Waals surface area contributed by atoms with Crippen molar-refractivity contribution in [2.45, 2.75) is 18.1 Å². The van der Waals surface area contributed by atoms with Crippen molar-refractivity contribution in [2.75, 3.05) is 13.2 Å². The first-order valence-electron chi connectivity index (χ1n) is 10.3. The van der Waals surface area contributed by atoms with Gasteiger partial charge >= 0.3 is 12.1 Å². The third kappa shape index (κ3) is 4.57. The van der Waals surface area contributed by atoms with Crippen LogP contribution in [0.2, 0.25) is 0 Å². The molecule has 1 amide bonds. The van der Waals surface area contributed by atoms with Crippen LogP contribution in [0.3, 0.4) is 0 Å². The maximum absolute atomic E-state index is 13.5. The normalized spacial score (nSPS) is 14.2. The second-order valence-electron chi connectivity index (χ2n) is 7.76. The zero-order valence-electron chi connectivity index (χ0n) is 17.4. The average molecular weight is 451 g/mol. The zero-order valence-corrected chi connectivity index (χ0v) is 17.4. The summed E-state index contributed by atoms with van der Waals surface area (Å²) in [5.74, 6) is -2.56. The number of alkyl carbamates (subject to hydrolysis) is 1. The number of fused-ring (bicyclic) bond motifs is 3. The number of hydrogen-bond donors (Lipinski definition) is 4. The molecule has 0 heterocycles. The van der Waals surface area contributed by atoms with E-state index >= 15 is 0 Å². The molecule has 8 heteroatoms. The summed E-state index contributed by atoms with van der Waals surface area (Å²) in [6.07, 6.45) is -3.76. The Labute approximate surface area is 189 Å². The van der Waals surface area contributed by atoms with Crippen molar-refractivity contribution in [1.29, 1.82) is 0 Å². The molecule has 2 atom stereocenters. The second-order valence-corrected chi connectivity index (χ2v) is 7.76. The van der Waals surface area contributed by atoms with E-state index in [0.717, 1.165) is 34.4 Å². The van der Waals surface area contributed by atoms with Crippen LogP contribution in [-0.2, 0) is 4.74 Å². The lowest BCUT2D eigenvalue weighted by atomic mass is 9.98. The number of ether oxygens (including phenoxy) is 1. The van der Waals surface area contributed by atoms with E-state index in [0.29, 0.717) is 0 Å². The van der Waals surface area contributed by atoms with Crippen LogP contribution in [0.25, 0.3) is 11.1 Å². The van der Waals surface area contributed by atoms with E-state index in [1.807, 2.05) is 48.5 Å². The third-order valence-corrected chi connectivity index (χ3v) is 5.73. The van der Waals surface area contributed by atoms with E-state index in [-0.39, 0.29) is 24.6 Å². The van der Waals surface area contributed by atoms with Gasteiger partial charge in [0.15, 0.2) is 0 Å². The number of carbonyl (C=O) groups excluding carboxylic acids is 1. The van der Waals surface area contributed by atoms with Gasteiger partial charge in [0, 0.05) is 12.5 Å². The highest BCUT2D eigenvalue weighted by molar-refractivity contribution is 5.88. The minimum Gasteiger partial charge on any atom is -0.478 e. The van der Waals surface area contributed by atoms with Gasteiger partial charge in [0.2, 0.25) is 0 Å². The predicted octanol–water partition coefficient (Wildman–Crippen LogP) is 3.46. The molecule has 3 aromatic carbocycles. The van der Waals surface area contributed by atoms with Crippen molar-refractivity contribution < 1.29 is 34.0 Å². The quantitative estimate of drug-likeness (QED) is 0.437. The summed E-state index contributed by atoms with van der Waals surface area (Å²) in [7, 11) is 0. The van der Waals surface area contributed by atoms with Crippen LogP contribution in [0, 0.1) is 5.82 Å². The smallest absolute Gasteiger partial charge is 0.407 e. The number of benzene rings is 3. The first-order valence-corrected chi connectivity index (χ1v) is 10.3. The predicted molar refractivity (Wildman–Crippen MR) is 117 cm³/mol. The molecule has 0 radical (unpaired) electrons. The van der Waals surface area contributed by atoms with Crippen molar-refractivity contribution in [2.24, 2.45) is 0 Å². The van der Waals surface area contributed by atoms with Crippen molar-refractivity contribution in [3.05, 3.63) is 94.8 Å². The molecule has 2 unspecified atom stereocenters. The van der Waals surface area contributed by atoms with Gasteiger partial charge in [-0.1, -0.05) is 54.6 Å².